The van der Waals surface area contributed by atoms with Gasteiger partial charge in [-0.25, -0.2) is 9.97 Å². The fraction of sp³-hybridized carbons (Fsp3) is 0.750. The van der Waals surface area contributed by atoms with Gasteiger partial charge in [-0.15, -0.1) is 0 Å². The number of nitrogens with zero attached hydrogens (tertiary/aromatic N) is 3. The van der Waals surface area contributed by atoms with E-state index in [9.17, 15) is 0 Å². The summed E-state index contributed by atoms with van der Waals surface area (Å²) in [4.78, 5) is 11.5. The van der Waals surface area contributed by atoms with Crippen LogP contribution in [0.1, 0.15) is 44.6 Å². The largest absolute Gasteiger partial charge is 0.341 e. The normalized spacial score (nSPS) is 27.1. The molecule has 3 nitrogen and oxygen atoms in total. The number of hydrogen-bond donors (Lipinski definition) is 0. The molecule has 1 saturated carbocycles. The van der Waals surface area contributed by atoms with Crippen LogP contribution < -0.4 is 4.90 Å². The summed E-state index contributed by atoms with van der Waals surface area (Å²) in [7, 11) is 0. The maximum atomic E-state index is 4.55. The van der Waals surface area contributed by atoms with Gasteiger partial charge in [0.15, 0.2) is 0 Å². The van der Waals surface area contributed by atoms with Crippen LogP contribution in [0.4, 0.5) is 5.95 Å². The van der Waals surface area contributed by atoms with Gasteiger partial charge < -0.3 is 4.90 Å². The molecule has 2 heterocycles. The van der Waals surface area contributed by atoms with Gasteiger partial charge in [-0.3, -0.25) is 0 Å². The molecule has 0 radical (unpaired) electrons. The van der Waals surface area contributed by atoms with Crippen LogP contribution in [-0.2, 0) is 0 Å². The molecule has 0 aromatic carbocycles. The second-order valence-corrected chi connectivity index (χ2v) is 7.49. The van der Waals surface area contributed by atoms with Crippen LogP contribution in [-0.4, -0.2) is 27.5 Å². The Labute approximate surface area is 135 Å². The van der Waals surface area contributed by atoms with E-state index in [4.69, 9.17) is 0 Å². The molecule has 110 valence electrons. The number of anilines is 1. The van der Waals surface area contributed by atoms with Crippen LogP contribution in [0.25, 0.3) is 0 Å². The molecular formula is C16H24IN3. The molecule has 4 heteroatoms. The fourth-order valence-electron chi connectivity index (χ4n) is 3.35. The summed E-state index contributed by atoms with van der Waals surface area (Å²) in [5, 5.41) is 0. The Morgan fingerprint density at radius 3 is 2.40 bits per heavy atom. The van der Waals surface area contributed by atoms with E-state index in [0.29, 0.717) is 5.92 Å². The number of aromatic nitrogens is 2. The Balaban J connectivity index is 1.55. The maximum Gasteiger partial charge on any atom is 0.225 e. The van der Waals surface area contributed by atoms with E-state index in [1.165, 1.54) is 29.3 Å². The molecule has 2 fully saturated rings. The molecule has 1 aromatic rings. The molecule has 0 unspecified atom stereocenters. The van der Waals surface area contributed by atoms with Crippen molar-refractivity contribution in [1.29, 1.82) is 0 Å². The van der Waals surface area contributed by atoms with Crippen LogP contribution in [0.5, 0.6) is 0 Å². The SMILES string of the molecule is CC(C)c1cnc(N2CCC([C@H]3C[C@H]3CI)CC2)nc1. The topological polar surface area (TPSA) is 29.0 Å². The first-order chi connectivity index (χ1) is 9.69. The number of rotatable bonds is 4. The van der Waals surface area contributed by atoms with E-state index in [1.54, 1.807) is 0 Å². The third-order valence-corrected chi connectivity index (χ3v) is 6.06. The minimum atomic E-state index is 0.509. The second kappa shape index (κ2) is 6.16. The summed E-state index contributed by atoms with van der Waals surface area (Å²) < 4.78 is 1.35. The summed E-state index contributed by atoms with van der Waals surface area (Å²) in [6.45, 7) is 6.64. The summed E-state index contributed by atoms with van der Waals surface area (Å²) in [5.74, 6) is 4.44. The van der Waals surface area contributed by atoms with E-state index in [2.05, 4.69) is 51.3 Å². The van der Waals surface area contributed by atoms with Gasteiger partial charge in [0.05, 0.1) is 0 Å². The summed E-state index contributed by atoms with van der Waals surface area (Å²) in [5.41, 5.74) is 1.23. The maximum absolute atomic E-state index is 4.55. The molecule has 0 amide bonds. The van der Waals surface area contributed by atoms with Crippen molar-refractivity contribution in [2.75, 3.05) is 22.4 Å². The molecule has 0 spiro atoms. The second-order valence-electron chi connectivity index (χ2n) is 6.61. The predicted octanol–water partition coefficient (Wildman–Crippen LogP) is 3.89. The summed E-state index contributed by atoms with van der Waals surface area (Å²) in [6, 6.07) is 0. The van der Waals surface area contributed by atoms with E-state index < -0.39 is 0 Å². The van der Waals surface area contributed by atoms with Gasteiger partial charge >= 0.3 is 0 Å². The quantitative estimate of drug-likeness (QED) is 0.582. The van der Waals surface area contributed by atoms with E-state index >= 15 is 0 Å². The van der Waals surface area contributed by atoms with Crippen molar-refractivity contribution >= 4 is 28.5 Å². The minimum Gasteiger partial charge on any atom is -0.341 e. The fourth-order valence-corrected chi connectivity index (χ4v) is 4.36. The Kier molecular flexibility index (Phi) is 4.48. The van der Waals surface area contributed by atoms with Gasteiger partial charge in [-0.05, 0) is 48.5 Å². The van der Waals surface area contributed by atoms with Crippen molar-refractivity contribution in [1.82, 2.24) is 9.97 Å². The molecule has 20 heavy (non-hydrogen) atoms. The zero-order valence-corrected chi connectivity index (χ0v) is 14.6. The average molecular weight is 385 g/mol. The first-order valence-electron chi connectivity index (χ1n) is 7.82. The zero-order valence-electron chi connectivity index (χ0n) is 12.4. The van der Waals surface area contributed by atoms with Gasteiger partial charge in [0, 0.05) is 29.9 Å². The lowest BCUT2D eigenvalue weighted by Gasteiger charge is -2.32. The Bertz CT molecular complexity index is 438. The summed E-state index contributed by atoms with van der Waals surface area (Å²) in [6.07, 6.45) is 8.12. The molecule has 1 aromatic heterocycles. The van der Waals surface area contributed by atoms with Crippen molar-refractivity contribution in [3.05, 3.63) is 18.0 Å². The number of halogens is 1. The highest BCUT2D eigenvalue weighted by Crippen LogP contribution is 2.48. The molecule has 2 aliphatic rings. The molecule has 1 aliphatic carbocycles. The van der Waals surface area contributed by atoms with Crippen molar-refractivity contribution in [2.45, 2.75) is 39.0 Å². The van der Waals surface area contributed by atoms with Crippen LogP contribution in [0.2, 0.25) is 0 Å². The van der Waals surface area contributed by atoms with Crippen LogP contribution in [0.15, 0.2) is 12.4 Å². The molecule has 1 saturated heterocycles. The summed E-state index contributed by atoms with van der Waals surface area (Å²) >= 11 is 2.54. The van der Waals surface area contributed by atoms with Crippen LogP contribution >= 0.6 is 22.6 Å². The third kappa shape index (κ3) is 3.10. The van der Waals surface area contributed by atoms with Gasteiger partial charge in [0.1, 0.15) is 0 Å². The first kappa shape index (κ1) is 14.5. The molecule has 3 rings (SSSR count). The number of piperidine rings is 1. The number of hydrogen-bond acceptors (Lipinski definition) is 3. The third-order valence-electron chi connectivity index (χ3n) is 4.93. The predicted molar refractivity (Wildman–Crippen MR) is 91.5 cm³/mol. The zero-order chi connectivity index (χ0) is 14.1. The smallest absolute Gasteiger partial charge is 0.225 e. The Morgan fingerprint density at radius 2 is 1.90 bits per heavy atom. The van der Waals surface area contributed by atoms with Gasteiger partial charge in [-0.2, -0.15) is 0 Å². The minimum absolute atomic E-state index is 0.509. The molecule has 0 N–H and O–H groups in total. The molecular weight excluding hydrogens is 361 g/mol. The van der Waals surface area contributed by atoms with Crippen molar-refractivity contribution in [3.63, 3.8) is 0 Å². The van der Waals surface area contributed by atoms with Crippen molar-refractivity contribution in [2.24, 2.45) is 17.8 Å². The Morgan fingerprint density at radius 1 is 1.25 bits per heavy atom. The molecule has 1 aliphatic heterocycles. The highest BCUT2D eigenvalue weighted by molar-refractivity contribution is 14.1. The lowest BCUT2D eigenvalue weighted by atomic mass is 9.91. The standard InChI is InChI=1S/C16H24IN3/c1-11(2)14-9-18-16(19-10-14)20-5-3-12(4-6-20)15-7-13(15)8-17/h9-13,15H,3-8H2,1-2H3/t13-,15+/m0/s1. The molecule has 0 bridgehead atoms. The van der Waals surface area contributed by atoms with Crippen molar-refractivity contribution < 1.29 is 0 Å². The average Bonchev–Trinajstić information content (AvgIpc) is 3.27. The van der Waals surface area contributed by atoms with E-state index in [1.807, 2.05) is 12.4 Å². The monoisotopic (exact) mass is 385 g/mol. The van der Waals surface area contributed by atoms with Gasteiger partial charge in [0.2, 0.25) is 5.95 Å². The Hall–Kier alpha value is -0.390. The lowest BCUT2D eigenvalue weighted by molar-refractivity contribution is 0.350. The van der Waals surface area contributed by atoms with Gasteiger partial charge in [0.25, 0.3) is 0 Å². The number of alkyl halides is 1. The highest BCUT2D eigenvalue weighted by atomic mass is 127. The van der Waals surface area contributed by atoms with Crippen LogP contribution in [0.3, 0.4) is 0 Å². The van der Waals surface area contributed by atoms with Crippen LogP contribution in [0, 0.1) is 17.8 Å². The van der Waals surface area contributed by atoms with E-state index in [-0.39, 0.29) is 0 Å². The van der Waals surface area contributed by atoms with E-state index in [0.717, 1.165) is 36.8 Å². The highest BCUT2D eigenvalue weighted by Gasteiger charge is 2.42. The first-order valence-corrected chi connectivity index (χ1v) is 9.34. The lowest BCUT2D eigenvalue weighted by Crippen LogP contribution is -2.35. The molecule has 2 atom stereocenters. The van der Waals surface area contributed by atoms with Crippen molar-refractivity contribution in [3.8, 4) is 0 Å². The van der Waals surface area contributed by atoms with Gasteiger partial charge in [-0.1, -0.05) is 36.4 Å².